The molecule has 0 radical (unpaired) electrons. The Labute approximate surface area is 227 Å². The number of carbonyl (C=O) groups excluding carboxylic acids is 1. The number of imidazole rings is 1. The number of urea groups is 1. The summed E-state index contributed by atoms with van der Waals surface area (Å²) in [5.74, 6) is -1.87. The minimum Gasteiger partial charge on any atom is -0.477 e. The van der Waals surface area contributed by atoms with Crippen molar-refractivity contribution < 1.29 is 33.6 Å². The van der Waals surface area contributed by atoms with Gasteiger partial charge in [0.25, 0.3) is 0 Å². The molecule has 0 aliphatic carbocycles. The standard InChI is InChI=1S/C26H25N7O7/c1-26(2)39-18-16(11-37-22-15(24(34)35)9-6-10-27-22)38-23(19(18)40-26)33-13-30-17-20(28-12-29-21(17)33)32-25(36)31-14-7-4-3-5-8-14/h3-10,12-13,16,18-19,23H,11H2,1-2H3,(H,34,35)(H2,28,29,31,32,36). The fraction of sp³-hybridized carbons (Fsp3) is 0.308. The van der Waals surface area contributed by atoms with Crippen molar-refractivity contribution in [3.05, 3.63) is 66.9 Å². The second-order valence-corrected chi connectivity index (χ2v) is 9.59. The molecule has 4 unspecified atom stereocenters. The van der Waals surface area contributed by atoms with E-state index in [2.05, 4.69) is 30.6 Å². The maximum Gasteiger partial charge on any atom is 0.341 e. The van der Waals surface area contributed by atoms with Crippen molar-refractivity contribution >= 4 is 34.7 Å². The van der Waals surface area contributed by atoms with E-state index in [0.717, 1.165) is 0 Å². The summed E-state index contributed by atoms with van der Waals surface area (Å²) in [5.41, 5.74) is 1.31. The highest BCUT2D eigenvalue weighted by Gasteiger charge is 2.56. The molecule has 2 aliphatic rings. The van der Waals surface area contributed by atoms with Gasteiger partial charge in [-0.3, -0.25) is 9.88 Å². The predicted molar refractivity (Wildman–Crippen MR) is 139 cm³/mol. The molecule has 6 rings (SSSR count). The van der Waals surface area contributed by atoms with Gasteiger partial charge in [0.15, 0.2) is 29.0 Å². The van der Waals surface area contributed by atoms with E-state index in [0.29, 0.717) is 16.9 Å². The predicted octanol–water partition coefficient (Wildman–Crippen LogP) is 3.06. The first-order valence-corrected chi connectivity index (χ1v) is 12.4. The number of ether oxygens (including phenoxy) is 4. The van der Waals surface area contributed by atoms with E-state index in [1.54, 1.807) is 30.5 Å². The SMILES string of the molecule is CC1(C)OC2C(COc3ncccc3C(=O)O)OC(n3cnc4c(NC(=O)Nc5ccccc5)ncnc43)C2O1. The molecule has 1 aromatic carbocycles. The zero-order valence-corrected chi connectivity index (χ0v) is 21.4. The van der Waals surface area contributed by atoms with Gasteiger partial charge in [-0.25, -0.2) is 29.5 Å². The molecule has 2 aliphatic heterocycles. The maximum absolute atomic E-state index is 12.6. The molecule has 2 saturated heterocycles. The Morgan fingerprint density at radius 3 is 2.62 bits per heavy atom. The number of pyridine rings is 1. The number of amides is 2. The van der Waals surface area contributed by atoms with Crippen LogP contribution in [0.2, 0.25) is 0 Å². The van der Waals surface area contributed by atoms with Gasteiger partial charge in [0.05, 0.1) is 6.33 Å². The first-order valence-electron chi connectivity index (χ1n) is 12.4. The van der Waals surface area contributed by atoms with E-state index in [-0.39, 0.29) is 23.9 Å². The van der Waals surface area contributed by atoms with Crippen LogP contribution in [0.15, 0.2) is 61.3 Å². The van der Waals surface area contributed by atoms with Crippen LogP contribution in [0, 0.1) is 0 Å². The van der Waals surface area contributed by atoms with E-state index < -0.39 is 42.3 Å². The maximum atomic E-state index is 12.6. The second kappa shape index (κ2) is 10.1. The number of para-hydroxylation sites is 1. The summed E-state index contributed by atoms with van der Waals surface area (Å²) in [5, 5.41) is 14.9. The summed E-state index contributed by atoms with van der Waals surface area (Å²) in [6.07, 6.45) is 1.85. The summed E-state index contributed by atoms with van der Waals surface area (Å²) in [6, 6.07) is 11.4. The third-order valence-corrected chi connectivity index (χ3v) is 6.41. The number of hydrogen-bond acceptors (Lipinski definition) is 10. The van der Waals surface area contributed by atoms with Gasteiger partial charge < -0.3 is 29.4 Å². The molecule has 0 bridgehead atoms. The van der Waals surface area contributed by atoms with Gasteiger partial charge in [0, 0.05) is 11.9 Å². The molecule has 4 aromatic rings. The van der Waals surface area contributed by atoms with Gasteiger partial charge in [0.2, 0.25) is 5.88 Å². The summed E-state index contributed by atoms with van der Waals surface area (Å²) < 4.78 is 26.1. The highest BCUT2D eigenvalue weighted by Crippen LogP contribution is 2.44. The van der Waals surface area contributed by atoms with Crippen LogP contribution in [0.3, 0.4) is 0 Å². The van der Waals surface area contributed by atoms with Crippen LogP contribution < -0.4 is 15.4 Å². The minimum atomic E-state index is -1.15. The van der Waals surface area contributed by atoms with E-state index in [1.807, 2.05) is 18.2 Å². The van der Waals surface area contributed by atoms with E-state index >= 15 is 0 Å². The Balaban J connectivity index is 1.24. The number of aromatic carboxylic acids is 1. The lowest BCUT2D eigenvalue weighted by atomic mass is 10.1. The number of rotatable bonds is 7. The van der Waals surface area contributed by atoms with Crippen LogP contribution >= 0.6 is 0 Å². The quantitative estimate of drug-likeness (QED) is 0.310. The van der Waals surface area contributed by atoms with Crippen LogP contribution in [-0.4, -0.2) is 72.3 Å². The van der Waals surface area contributed by atoms with E-state index in [4.69, 9.17) is 18.9 Å². The van der Waals surface area contributed by atoms with E-state index in [1.165, 1.54) is 31.0 Å². The first kappa shape index (κ1) is 25.6. The zero-order valence-electron chi connectivity index (χ0n) is 21.4. The Morgan fingerprint density at radius 1 is 1.02 bits per heavy atom. The van der Waals surface area contributed by atoms with Crippen LogP contribution in [-0.2, 0) is 14.2 Å². The fourth-order valence-corrected chi connectivity index (χ4v) is 4.77. The Kier molecular flexibility index (Phi) is 6.50. The molecular formula is C26H25N7O7. The van der Waals surface area contributed by atoms with Gasteiger partial charge in [-0.2, -0.15) is 0 Å². The minimum absolute atomic E-state index is 0.0258. The molecule has 14 heteroatoms. The third-order valence-electron chi connectivity index (χ3n) is 6.41. The molecule has 3 aromatic heterocycles. The molecule has 206 valence electrons. The zero-order chi connectivity index (χ0) is 27.9. The number of anilines is 2. The molecule has 4 atom stereocenters. The highest BCUT2D eigenvalue weighted by atomic mass is 16.8. The largest absolute Gasteiger partial charge is 0.477 e. The van der Waals surface area contributed by atoms with Crippen molar-refractivity contribution in [2.45, 2.75) is 44.2 Å². The van der Waals surface area contributed by atoms with Gasteiger partial charge in [-0.15, -0.1) is 0 Å². The van der Waals surface area contributed by atoms with Crippen LogP contribution in [0.25, 0.3) is 11.2 Å². The molecule has 14 nitrogen and oxygen atoms in total. The van der Waals surface area contributed by atoms with Gasteiger partial charge in [-0.1, -0.05) is 18.2 Å². The van der Waals surface area contributed by atoms with Gasteiger partial charge in [0.1, 0.15) is 36.8 Å². The van der Waals surface area contributed by atoms with Gasteiger partial charge >= 0.3 is 12.0 Å². The molecule has 2 amide bonds. The van der Waals surface area contributed by atoms with E-state index in [9.17, 15) is 14.7 Å². The smallest absolute Gasteiger partial charge is 0.341 e. The number of nitrogens with one attached hydrogen (secondary N) is 2. The number of carboxylic acid groups (broad SMARTS) is 1. The average molecular weight is 548 g/mol. The number of benzene rings is 1. The third kappa shape index (κ3) is 4.90. The second-order valence-electron chi connectivity index (χ2n) is 9.59. The van der Waals surface area contributed by atoms with Crippen molar-refractivity contribution in [2.75, 3.05) is 17.2 Å². The number of carbonyl (C=O) groups is 2. The number of fused-ring (bicyclic) bond motifs is 2. The number of nitrogens with zero attached hydrogens (tertiary/aromatic N) is 5. The average Bonchev–Trinajstić information content (AvgIpc) is 3.59. The summed E-state index contributed by atoms with van der Waals surface area (Å²) in [6.45, 7) is 3.55. The van der Waals surface area contributed by atoms with Crippen molar-refractivity contribution in [2.24, 2.45) is 0 Å². The van der Waals surface area contributed by atoms with Crippen LogP contribution in [0.1, 0.15) is 30.4 Å². The molecule has 0 saturated carbocycles. The summed E-state index contributed by atoms with van der Waals surface area (Å²) in [4.78, 5) is 41.2. The van der Waals surface area contributed by atoms with Gasteiger partial charge in [-0.05, 0) is 38.1 Å². The fourth-order valence-electron chi connectivity index (χ4n) is 4.77. The summed E-state index contributed by atoms with van der Waals surface area (Å²) in [7, 11) is 0. The van der Waals surface area contributed by atoms with Crippen molar-refractivity contribution in [1.29, 1.82) is 0 Å². The lowest BCUT2D eigenvalue weighted by Crippen LogP contribution is -2.34. The van der Waals surface area contributed by atoms with Crippen molar-refractivity contribution in [1.82, 2.24) is 24.5 Å². The normalized spacial score (nSPS) is 23.1. The molecule has 0 spiro atoms. The lowest BCUT2D eigenvalue weighted by Gasteiger charge is -2.24. The number of carboxylic acids is 1. The Bertz CT molecular complexity index is 1560. The van der Waals surface area contributed by atoms with Crippen LogP contribution in [0.5, 0.6) is 5.88 Å². The molecule has 2 fully saturated rings. The molecular weight excluding hydrogens is 522 g/mol. The van der Waals surface area contributed by atoms with Crippen molar-refractivity contribution in [3.8, 4) is 5.88 Å². The number of hydrogen-bond donors (Lipinski definition) is 3. The topological polar surface area (TPSA) is 172 Å². The summed E-state index contributed by atoms with van der Waals surface area (Å²) >= 11 is 0. The monoisotopic (exact) mass is 547 g/mol. The first-order chi connectivity index (χ1) is 19.3. The van der Waals surface area contributed by atoms with Crippen molar-refractivity contribution in [3.63, 3.8) is 0 Å². The Morgan fingerprint density at radius 2 is 1.82 bits per heavy atom. The Hall–Kier alpha value is -4.66. The van der Waals surface area contributed by atoms with Crippen LogP contribution in [0.4, 0.5) is 16.3 Å². The molecule has 3 N–H and O–H groups in total. The lowest BCUT2D eigenvalue weighted by molar-refractivity contribution is -0.199. The number of aromatic nitrogens is 5. The molecule has 40 heavy (non-hydrogen) atoms. The highest BCUT2D eigenvalue weighted by molar-refractivity contribution is 6.02. The molecule has 5 heterocycles.